The average molecular weight is 273 g/mol. The zero-order valence-corrected chi connectivity index (χ0v) is 10.8. The van der Waals surface area contributed by atoms with Crippen LogP contribution in [-0.4, -0.2) is 22.7 Å². The van der Waals surface area contributed by atoms with Crippen LogP contribution in [0.3, 0.4) is 0 Å². The molecule has 0 radical (unpaired) electrons. The van der Waals surface area contributed by atoms with Gasteiger partial charge in [0.1, 0.15) is 11.6 Å². The van der Waals surface area contributed by atoms with Crippen molar-refractivity contribution in [1.82, 2.24) is 4.98 Å². The number of aromatic nitrogens is 1. The van der Waals surface area contributed by atoms with Gasteiger partial charge in [0, 0.05) is 10.9 Å². The first kappa shape index (κ1) is 13.3. The minimum absolute atomic E-state index is 0.0639. The van der Waals surface area contributed by atoms with Crippen LogP contribution in [0.4, 0.5) is 0 Å². The zero-order valence-electron chi connectivity index (χ0n) is 10.00. The summed E-state index contributed by atoms with van der Waals surface area (Å²) in [6.45, 7) is 0.694. The second-order valence-corrected chi connectivity index (χ2v) is 4.60. The number of rotatable bonds is 5. The number of benzene rings is 1. The van der Waals surface area contributed by atoms with Gasteiger partial charge in [-0.25, -0.2) is 9.78 Å². The Kier molecular flexibility index (Phi) is 4.29. The van der Waals surface area contributed by atoms with Crippen LogP contribution in [-0.2, 0) is 11.3 Å². The summed E-state index contributed by atoms with van der Waals surface area (Å²) in [5.41, 5.74) is 1.91. The van der Waals surface area contributed by atoms with E-state index in [9.17, 15) is 4.79 Å². The molecule has 0 bridgehead atoms. The van der Waals surface area contributed by atoms with Gasteiger partial charge in [0.15, 0.2) is 5.69 Å². The van der Waals surface area contributed by atoms with Crippen LogP contribution in [0.25, 0.3) is 10.6 Å². The minimum atomic E-state index is -1.02. The highest BCUT2D eigenvalue weighted by atomic mass is 32.1. The molecular weight excluding hydrogens is 262 g/mol. The summed E-state index contributed by atoms with van der Waals surface area (Å²) in [6, 6.07) is 7.60. The maximum absolute atomic E-state index is 10.8. The molecule has 0 aliphatic rings. The SMILES string of the molecule is C#CCOCc1cccc(-c2nc(C(=O)O)cs2)c1. The number of hydrogen-bond acceptors (Lipinski definition) is 4. The number of carboxylic acids is 1. The number of nitrogens with zero attached hydrogens (tertiary/aromatic N) is 1. The van der Waals surface area contributed by atoms with Crippen molar-refractivity contribution in [2.75, 3.05) is 6.61 Å². The van der Waals surface area contributed by atoms with Crippen LogP contribution in [0.5, 0.6) is 0 Å². The van der Waals surface area contributed by atoms with Crippen molar-refractivity contribution in [3.05, 3.63) is 40.9 Å². The van der Waals surface area contributed by atoms with Crippen molar-refractivity contribution in [3.63, 3.8) is 0 Å². The van der Waals surface area contributed by atoms with Crippen LogP contribution in [0.15, 0.2) is 29.6 Å². The number of hydrogen-bond donors (Lipinski definition) is 1. The van der Waals surface area contributed by atoms with Gasteiger partial charge in [-0.05, 0) is 11.6 Å². The third-order valence-electron chi connectivity index (χ3n) is 2.35. The number of aromatic carboxylic acids is 1. The number of terminal acetylenes is 1. The monoisotopic (exact) mass is 273 g/mol. The molecule has 5 heteroatoms. The molecular formula is C14H11NO3S. The number of thiazole rings is 1. The molecule has 0 atom stereocenters. The van der Waals surface area contributed by atoms with E-state index in [1.807, 2.05) is 24.3 Å². The molecule has 0 fully saturated rings. The Labute approximate surface area is 114 Å². The highest BCUT2D eigenvalue weighted by Crippen LogP contribution is 2.24. The molecule has 0 amide bonds. The fourth-order valence-corrected chi connectivity index (χ4v) is 2.32. The third-order valence-corrected chi connectivity index (χ3v) is 3.24. The van der Waals surface area contributed by atoms with Crippen LogP contribution in [0.1, 0.15) is 16.1 Å². The van der Waals surface area contributed by atoms with E-state index >= 15 is 0 Å². The van der Waals surface area contributed by atoms with Crippen molar-refractivity contribution >= 4 is 17.3 Å². The first-order valence-corrected chi connectivity index (χ1v) is 6.38. The summed E-state index contributed by atoms with van der Waals surface area (Å²) in [4.78, 5) is 14.9. The second-order valence-electron chi connectivity index (χ2n) is 3.74. The predicted octanol–water partition coefficient (Wildman–Crippen LogP) is 2.66. The Morgan fingerprint density at radius 2 is 2.37 bits per heavy atom. The predicted molar refractivity (Wildman–Crippen MR) is 73.0 cm³/mol. The lowest BCUT2D eigenvalue weighted by atomic mass is 10.1. The lowest BCUT2D eigenvalue weighted by molar-refractivity contribution is 0.0691. The van der Waals surface area contributed by atoms with E-state index in [4.69, 9.17) is 16.3 Å². The standard InChI is InChI=1S/C14H11NO3S/c1-2-6-18-8-10-4-3-5-11(7-10)13-15-12(9-19-13)14(16)17/h1,3-5,7,9H,6,8H2,(H,16,17). The van der Waals surface area contributed by atoms with Gasteiger partial charge >= 0.3 is 5.97 Å². The average Bonchev–Trinajstić information content (AvgIpc) is 2.89. The molecule has 2 rings (SSSR count). The van der Waals surface area contributed by atoms with E-state index in [-0.39, 0.29) is 12.3 Å². The number of ether oxygens (including phenoxy) is 1. The molecule has 19 heavy (non-hydrogen) atoms. The normalized spacial score (nSPS) is 10.1. The van der Waals surface area contributed by atoms with Gasteiger partial charge in [0.2, 0.25) is 0 Å². The minimum Gasteiger partial charge on any atom is -0.476 e. The van der Waals surface area contributed by atoms with Gasteiger partial charge in [-0.15, -0.1) is 17.8 Å². The topological polar surface area (TPSA) is 59.4 Å². The highest BCUT2D eigenvalue weighted by Gasteiger charge is 2.10. The molecule has 1 heterocycles. The summed E-state index contributed by atoms with van der Waals surface area (Å²) in [5.74, 6) is 1.38. The highest BCUT2D eigenvalue weighted by molar-refractivity contribution is 7.13. The van der Waals surface area contributed by atoms with Crippen molar-refractivity contribution in [3.8, 4) is 22.9 Å². The summed E-state index contributed by atoms with van der Waals surface area (Å²) in [6.07, 6.45) is 5.11. The maximum atomic E-state index is 10.8. The second kappa shape index (κ2) is 6.14. The Hall–Kier alpha value is -2.16. The first-order chi connectivity index (χ1) is 9.20. The van der Waals surface area contributed by atoms with Gasteiger partial charge in [-0.3, -0.25) is 0 Å². The quantitative estimate of drug-likeness (QED) is 0.672. The summed E-state index contributed by atoms with van der Waals surface area (Å²) >= 11 is 1.30. The number of carboxylic acid groups (broad SMARTS) is 1. The smallest absolute Gasteiger partial charge is 0.355 e. The van der Waals surface area contributed by atoms with E-state index < -0.39 is 5.97 Å². The molecule has 4 nitrogen and oxygen atoms in total. The summed E-state index contributed by atoms with van der Waals surface area (Å²) in [7, 11) is 0. The van der Waals surface area contributed by atoms with Crippen LogP contribution < -0.4 is 0 Å². The van der Waals surface area contributed by atoms with E-state index in [0.717, 1.165) is 11.1 Å². The number of carbonyl (C=O) groups is 1. The molecule has 1 N–H and O–H groups in total. The Bertz CT molecular complexity index is 628. The van der Waals surface area contributed by atoms with E-state index in [1.54, 1.807) is 0 Å². The van der Waals surface area contributed by atoms with Gasteiger partial charge in [-0.2, -0.15) is 0 Å². The third kappa shape index (κ3) is 3.41. The van der Waals surface area contributed by atoms with Crippen molar-refractivity contribution in [2.24, 2.45) is 0 Å². The molecule has 0 saturated carbocycles. The Morgan fingerprint density at radius 3 is 3.05 bits per heavy atom. The molecule has 1 aromatic carbocycles. The lowest BCUT2D eigenvalue weighted by Gasteiger charge is -2.03. The largest absolute Gasteiger partial charge is 0.476 e. The van der Waals surface area contributed by atoms with E-state index in [0.29, 0.717) is 11.6 Å². The molecule has 96 valence electrons. The van der Waals surface area contributed by atoms with Gasteiger partial charge in [-0.1, -0.05) is 24.1 Å². The molecule has 1 aromatic heterocycles. The Morgan fingerprint density at radius 1 is 1.53 bits per heavy atom. The van der Waals surface area contributed by atoms with Crippen LogP contribution >= 0.6 is 11.3 Å². The summed E-state index contributed by atoms with van der Waals surface area (Å²) in [5, 5.41) is 11.1. The van der Waals surface area contributed by atoms with Crippen molar-refractivity contribution in [2.45, 2.75) is 6.61 Å². The maximum Gasteiger partial charge on any atom is 0.355 e. The fraction of sp³-hybridized carbons (Fsp3) is 0.143. The summed E-state index contributed by atoms with van der Waals surface area (Å²) < 4.78 is 5.26. The van der Waals surface area contributed by atoms with Crippen LogP contribution in [0.2, 0.25) is 0 Å². The van der Waals surface area contributed by atoms with Crippen molar-refractivity contribution in [1.29, 1.82) is 0 Å². The molecule has 0 spiro atoms. The molecule has 0 aliphatic carbocycles. The van der Waals surface area contributed by atoms with Gasteiger partial charge in [0.25, 0.3) is 0 Å². The van der Waals surface area contributed by atoms with Crippen LogP contribution in [0, 0.1) is 12.3 Å². The fourth-order valence-electron chi connectivity index (χ4n) is 1.53. The lowest BCUT2D eigenvalue weighted by Crippen LogP contribution is -1.96. The molecule has 0 saturated heterocycles. The first-order valence-electron chi connectivity index (χ1n) is 5.50. The van der Waals surface area contributed by atoms with E-state index in [2.05, 4.69) is 10.9 Å². The van der Waals surface area contributed by atoms with Gasteiger partial charge < -0.3 is 9.84 Å². The molecule has 2 aromatic rings. The zero-order chi connectivity index (χ0) is 13.7. The van der Waals surface area contributed by atoms with Crippen molar-refractivity contribution < 1.29 is 14.6 Å². The van der Waals surface area contributed by atoms with Gasteiger partial charge in [0.05, 0.1) is 6.61 Å². The molecule has 0 unspecified atom stereocenters. The van der Waals surface area contributed by atoms with E-state index in [1.165, 1.54) is 16.7 Å². The Balaban J connectivity index is 2.17. The molecule has 0 aliphatic heterocycles.